The van der Waals surface area contributed by atoms with Crippen molar-refractivity contribution >= 4 is 33.6 Å². The van der Waals surface area contributed by atoms with Crippen LogP contribution in [0.3, 0.4) is 0 Å². The molecule has 0 aliphatic heterocycles. The largest absolute Gasteiger partial charge is 0.221 e. The van der Waals surface area contributed by atoms with Crippen LogP contribution in [0, 0.1) is 5.82 Å². The smallest absolute Gasteiger partial charge is 0.132 e. The van der Waals surface area contributed by atoms with Crippen molar-refractivity contribution in [2.24, 2.45) is 4.40 Å². The molecule has 4 heteroatoms. The molecule has 0 bridgehead atoms. The summed E-state index contributed by atoms with van der Waals surface area (Å²) in [5, 5.41) is 0. The molecule has 0 amide bonds. The molecular formula is C9H9BrFNS. The topological polar surface area (TPSA) is 12.4 Å². The van der Waals surface area contributed by atoms with Crippen LogP contribution in [-0.4, -0.2) is 12.0 Å². The van der Waals surface area contributed by atoms with Gasteiger partial charge in [0.15, 0.2) is 0 Å². The van der Waals surface area contributed by atoms with E-state index >= 15 is 0 Å². The third-order valence-corrected chi connectivity index (χ3v) is 2.50. The number of hydrogen-bond acceptors (Lipinski definition) is 2. The normalized spacial score (nSPS) is 11.8. The van der Waals surface area contributed by atoms with Gasteiger partial charge in [0.1, 0.15) is 5.82 Å². The average molecular weight is 262 g/mol. The van der Waals surface area contributed by atoms with Gasteiger partial charge in [0.25, 0.3) is 0 Å². The van der Waals surface area contributed by atoms with E-state index in [9.17, 15) is 4.39 Å². The Kier molecular flexibility index (Phi) is 3.93. The SMILES string of the molecule is CSN=C(C)c1cc(Br)ccc1F. The monoisotopic (exact) mass is 261 g/mol. The highest BCUT2D eigenvalue weighted by Crippen LogP contribution is 2.17. The minimum Gasteiger partial charge on any atom is -0.221 e. The van der Waals surface area contributed by atoms with Crippen LogP contribution >= 0.6 is 27.9 Å². The lowest BCUT2D eigenvalue weighted by Crippen LogP contribution is -1.97. The highest BCUT2D eigenvalue weighted by atomic mass is 79.9. The molecule has 1 nitrogen and oxygen atoms in total. The van der Waals surface area contributed by atoms with E-state index in [2.05, 4.69) is 20.3 Å². The van der Waals surface area contributed by atoms with E-state index in [-0.39, 0.29) is 5.82 Å². The van der Waals surface area contributed by atoms with Crippen LogP contribution in [0.4, 0.5) is 4.39 Å². The predicted molar refractivity (Wildman–Crippen MR) is 59.8 cm³/mol. The van der Waals surface area contributed by atoms with Crippen molar-refractivity contribution in [3.63, 3.8) is 0 Å². The number of nitrogens with zero attached hydrogens (tertiary/aromatic N) is 1. The quantitative estimate of drug-likeness (QED) is 0.585. The lowest BCUT2D eigenvalue weighted by atomic mass is 10.1. The van der Waals surface area contributed by atoms with E-state index in [4.69, 9.17) is 0 Å². The first-order chi connectivity index (χ1) is 6.15. The van der Waals surface area contributed by atoms with Crippen LogP contribution in [0.5, 0.6) is 0 Å². The first-order valence-electron chi connectivity index (χ1n) is 3.68. The molecule has 0 N–H and O–H groups in total. The van der Waals surface area contributed by atoms with Gasteiger partial charge in [0.05, 0.1) is 5.71 Å². The Morgan fingerprint density at radius 3 is 2.85 bits per heavy atom. The molecule has 0 aromatic heterocycles. The van der Waals surface area contributed by atoms with Crippen molar-refractivity contribution < 1.29 is 4.39 Å². The van der Waals surface area contributed by atoms with Crippen molar-refractivity contribution in [2.75, 3.05) is 6.26 Å². The molecule has 0 spiro atoms. The van der Waals surface area contributed by atoms with Crippen molar-refractivity contribution in [2.45, 2.75) is 6.92 Å². The standard InChI is InChI=1S/C9H9BrFNS/c1-6(12-13-2)8-5-7(10)3-4-9(8)11/h3-5H,1-2H3. The van der Waals surface area contributed by atoms with Crippen molar-refractivity contribution in [1.82, 2.24) is 0 Å². The van der Waals surface area contributed by atoms with E-state index in [1.54, 1.807) is 19.1 Å². The van der Waals surface area contributed by atoms with Gasteiger partial charge in [-0.3, -0.25) is 0 Å². The molecule has 0 radical (unpaired) electrons. The first-order valence-corrected chi connectivity index (χ1v) is 5.66. The van der Waals surface area contributed by atoms with Gasteiger partial charge in [0, 0.05) is 16.3 Å². The van der Waals surface area contributed by atoms with Crippen molar-refractivity contribution in [3.8, 4) is 0 Å². The van der Waals surface area contributed by atoms with Gasteiger partial charge >= 0.3 is 0 Å². The minimum absolute atomic E-state index is 0.237. The fourth-order valence-electron chi connectivity index (χ4n) is 0.961. The van der Waals surface area contributed by atoms with E-state index in [0.29, 0.717) is 11.3 Å². The maximum Gasteiger partial charge on any atom is 0.132 e. The fourth-order valence-corrected chi connectivity index (χ4v) is 1.69. The predicted octanol–water partition coefficient (Wildman–Crippen LogP) is 3.68. The Balaban J connectivity index is 3.13. The second-order valence-electron chi connectivity index (χ2n) is 2.48. The second-order valence-corrected chi connectivity index (χ2v) is 3.95. The van der Waals surface area contributed by atoms with Crippen LogP contribution in [0.15, 0.2) is 27.1 Å². The molecule has 0 saturated heterocycles. The Morgan fingerprint density at radius 2 is 2.23 bits per heavy atom. The van der Waals surface area contributed by atoms with Crippen LogP contribution in [-0.2, 0) is 0 Å². The summed E-state index contributed by atoms with van der Waals surface area (Å²) in [7, 11) is 0. The molecule has 13 heavy (non-hydrogen) atoms. The van der Waals surface area contributed by atoms with Crippen LogP contribution in [0.1, 0.15) is 12.5 Å². The molecule has 0 unspecified atom stereocenters. The summed E-state index contributed by atoms with van der Waals surface area (Å²) >= 11 is 4.61. The number of halogens is 2. The van der Waals surface area contributed by atoms with Crippen LogP contribution in [0.25, 0.3) is 0 Å². The Labute approximate surface area is 89.7 Å². The van der Waals surface area contributed by atoms with Crippen molar-refractivity contribution in [1.29, 1.82) is 0 Å². The van der Waals surface area contributed by atoms with Crippen molar-refractivity contribution in [3.05, 3.63) is 34.1 Å². The summed E-state index contributed by atoms with van der Waals surface area (Å²) in [4.78, 5) is 0. The molecule has 1 aromatic rings. The fraction of sp³-hybridized carbons (Fsp3) is 0.222. The molecular weight excluding hydrogens is 253 g/mol. The van der Waals surface area contributed by atoms with Gasteiger partial charge < -0.3 is 0 Å². The summed E-state index contributed by atoms with van der Waals surface area (Å²) < 4.78 is 18.2. The first kappa shape index (κ1) is 10.7. The zero-order valence-corrected chi connectivity index (χ0v) is 9.75. The lowest BCUT2D eigenvalue weighted by Gasteiger charge is -2.02. The molecule has 1 aromatic carbocycles. The van der Waals surface area contributed by atoms with Gasteiger partial charge in [-0.1, -0.05) is 15.9 Å². The zero-order chi connectivity index (χ0) is 9.84. The summed E-state index contributed by atoms with van der Waals surface area (Å²) in [5.41, 5.74) is 1.25. The summed E-state index contributed by atoms with van der Waals surface area (Å²) in [6, 6.07) is 4.83. The third-order valence-electron chi connectivity index (χ3n) is 1.55. The van der Waals surface area contributed by atoms with E-state index in [0.717, 1.165) is 4.47 Å². The molecule has 0 heterocycles. The van der Waals surface area contributed by atoms with Gasteiger partial charge in [-0.15, -0.1) is 0 Å². The molecule has 0 aliphatic rings. The zero-order valence-electron chi connectivity index (χ0n) is 7.34. The molecule has 1 rings (SSSR count). The van der Waals surface area contributed by atoms with Crippen LogP contribution in [0.2, 0.25) is 0 Å². The minimum atomic E-state index is -0.237. The number of benzene rings is 1. The molecule has 70 valence electrons. The molecule has 0 atom stereocenters. The Morgan fingerprint density at radius 1 is 1.54 bits per heavy atom. The summed E-state index contributed by atoms with van der Waals surface area (Å²) in [6.07, 6.45) is 1.85. The number of rotatable bonds is 2. The van der Waals surface area contributed by atoms with E-state index < -0.39 is 0 Å². The summed E-state index contributed by atoms with van der Waals surface area (Å²) in [6.45, 7) is 1.79. The van der Waals surface area contributed by atoms with Gasteiger partial charge in [-0.25, -0.2) is 8.79 Å². The highest BCUT2D eigenvalue weighted by molar-refractivity contribution is 9.10. The van der Waals surface area contributed by atoms with Gasteiger partial charge in [0.2, 0.25) is 0 Å². The average Bonchev–Trinajstić information content (AvgIpc) is 2.09. The second kappa shape index (κ2) is 4.77. The Hall–Kier alpha value is -0.350. The molecule has 0 saturated carbocycles. The summed E-state index contributed by atoms with van der Waals surface area (Å²) in [5.74, 6) is -0.237. The number of hydrogen-bond donors (Lipinski definition) is 0. The maximum absolute atomic E-state index is 13.2. The highest BCUT2D eigenvalue weighted by Gasteiger charge is 2.05. The van der Waals surface area contributed by atoms with Gasteiger partial charge in [-0.05, 0) is 37.1 Å². The van der Waals surface area contributed by atoms with Gasteiger partial charge in [-0.2, -0.15) is 0 Å². The maximum atomic E-state index is 13.2. The third kappa shape index (κ3) is 2.81. The van der Waals surface area contributed by atoms with E-state index in [1.165, 1.54) is 18.0 Å². The molecule has 0 aliphatic carbocycles. The van der Waals surface area contributed by atoms with E-state index in [1.807, 2.05) is 6.26 Å². The lowest BCUT2D eigenvalue weighted by molar-refractivity contribution is 0.625. The Bertz CT molecular complexity index is 338. The van der Waals surface area contributed by atoms with Crippen LogP contribution < -0.4 is 0 Å². The molecule has 0 fully saturated rings.